The smallest absolute Gasteiger partial charge is 0.387 e. The van der Waals surface area contributed by atoms with Gasteiger partial charge in [-0.25, -0.2) is 22.2 Å². The van der Waals surface area contributed by atoms with Crippen molar-refractivity contribution >= 4 is 27.3 Å². The molecular weight excluding hydrogens is 507 g/mol. The predicted octanol–water partition coefficient (Wildman–Crippen LogP) is 4.41. The van der Waals surface area contributed by atoms with Crippen LogP contribution < -0.4 is 5.32 Å². The first-order valence-electron chi connectivity index (χ1n) is 10.0. The van der Waals surface area contributed by atoms with Crippen molar-refractivity contribution in [2.24, 2.45) is 0 Å². The van der Waals surface area contributed by atoms with Gasteiger partial charge in [-0.3, -0.25) is 4.79 Å². The molecule has 0 aliphatic heterocycles. The third-order valence-electron chi connectivity index (χ3n) is 5.66. The van der Waals surface area contributed by atoms with E-state index >= 15 is 0 Å². The lowest BCUT2D eigenvalue weighted by Crippen LogP contribution is -2.49. The molecule has 0 saturated heterocycles. The Kier molecular flexibility index (Phi) is 7.26. The molecule has 0 radical (unpaired) electrons. The number of amides is 1. The van der Waals surface area contributed by atoms with Crippen molar-refractivity contribution in [1.82, 2.24) is 10.3 Å². The molecule has 2 N–H and O–H groups in total. The summed E-state index contributed by atoms with van der Waals surface area (Å²) in [5.41, 5.74) is -4.23. The van der Waals surface area contributed by atoms with Gasteiger partial charge in [0.1, 0.15) is 12.0 Å². The molecule has 1 saturated carbocycles. The van der Waals surface area contributed by atoms with Gasteiger partial charge in [0.25, 0.3) is 5.91 Å². The maximum Gasteiger partial charge on any atom is 0.417 e. The van der Waals surface area contributed by atoms with E-state index in [4.69, 9.17) is 11.6 Å². The van der Waals surface area contributed by atoms with E-state index in [0.29, 0.717) is 12.3 Å². The van der Waals surface area contributed by atoms with Crippen LogP contribution in [-0.2, 0) is 16.0 Å². The molecule has 6 nitrogen and oxygen atoms in total. The number of carbonyl (C=O) groups excluding carboxylic acids is 1. The van der Waals surface area contributed by atoms with Crippen LogP contribution in [0, 0.1) is 5.82 Å². The summed E-state index contributed by atoms with van der Waals surface area (Å²) in [5, 5.41) is 12.2. The first-order chi connectivity index (χ1) is 15.6. The van der Waals surface area contributed by atoms with Crippen LogP contribution in [0.3, 0.4) is 0 Å². The van der Waals surface area contributed by atoms with Gasteiger partial charge in [-0.05, 0) is 43.4 Å². The molecule has 1 fully saturated rings. The molecule has 1 aromatic heterocycles. The van der Waals surface area contributed by atoms with E-state index in [1.54, 1.807) is 0 Å². The second-order valence-corrected chi connectivity index (χ2v) is 10.5. The molecule has 1 aromatic carbocycles. The minimum Gasteiger partial charge on any atom is -0.387 e. The minimum absolute atomic E-state index is 0.0878. The zero-order chi connectivity index (χ0) is 25.5. The number of rotatable bonds is 5. The molecule has 1 heterocycles. The van der Waals surface area contributed by atoms with E-state index in [9.17, 15) is 40.3 Å². The molecule has 1 aliphatic carbocycles. The van der Waals surface area contributed by atoms with Gasteiger partial charge in [0, 0.05) is 12.5 Å². The molecule has 34 heavy (non-hydrogen) atoms. The maximum atomic E-state index is 14.2. The zero-order valence-corrected chi connectivity index (χ0v) is 19.2. The third kappa shape index (κ3) is 5.49. The van der Waals surface area contributed by atoms with E-state index in [1.165, 1.54) is 12.1 Å². The van der Waals surface area contributed by atoms with Crippen molar-refractivity contribution < 1.29 is 40.3 Å². The van der Waals surface area contributed by atoms with Crippen molar-refractivity contribution in [3.8, 4) is 0 Å². The van der Waals surface area contributed by atoms with Crippen molar-refractivity contribution in [1.29, 1.82) is 0 Å². The van der Waals surface area contributed by atoms with E-state index in [1.807, 2.05) is 0 Å². The second kappa shape index (κ2) is 9.38. The standard InChI is InChI=1S/C21H20ClF5N2O4S/c1-34(32,33)19-14(9-11(10-28-19)21(25,26)27)18(30)29-17(13-3-2-4-15(24)16(13)22)20(31)7-5-12(23)6-8-20/h2-4,9-10,12,17,31H,5-8H2,1H3,(H,29,30)/t12-,17?,20+. The lowest BCUT2D eigenvalue weighted by Gasteiger charge is -2.41. The highest BCUT2D eigenvalue weighted by Gasteiger charge is 2.44. The van der Waals surface area contributed by atoms with Crippen LogP contribution in [0.2, 0.25) is 5.02 Å². The Bertz CT molecular complexity index is 1200. The SMILES string of the molecule is CS(=O)(=O)c1ncc(C(F)(F)F)cc1C(=O)NC(c1cccc(F)c1Cl)[C@]1(O)CC[C@@H](F)CC1. The van der Waals surface area contributed by atoms with Crippen LogP contribution in [0.5, 0.6) is 0 Å². The van der Waals surface area contributed by atoms with Gasteiger partial charge in [-0.15, -0.1) is 0 Å². The first kappa shape index (κ1) is 26.3. The number of nitrogens with zero attached hydrogens (tertiary/aromatic N) is 1. The van der Waals surface area contributed by atoms with Gasteiger partial charge < -0.3 is 10.4 Å². The average molecular weight is 527 g/mol. The fourth-order valence-corrected chi connectivity index (χ4v) is 4.92. The van der Waals surface area contributed by atoms with Crippen molar-refractivity contribution in [2.75, 3.05) is 6.26 Å². The highest BCUT2D eigenvalue weighted by Crippen LogP contribution is 2.42. The Balaban J connectivity index is 2.12. The largest absolute Gasteiger partial charge is 0.417 e. The maximum absolute atomic E-state index is 14.2. The van der Waals surface area contributed by atoms with E-state index in [-0.39, 0.29) is 37.4 Å². The van der Waals surface area contributed by atoms with Gasteiger partial charge in [-0.1, -0.05) is 23.7 Å². The predicted molar refractivity (Wildman–Crippen MR) is 112 cm³/mol. The summed E-state index contributed by atoms with van der Waals surface area (Å²) in [6.45, 7) is 0. The summed E-state index contributed by atoms with van der Waals surface area (Å²) in [5.74, 6) is -2.21. The highest BCUT2D eigenvalue weighted by atomic mass is 35.5. The Morgan fingerprint density at radius 3 is 2.47 bits per heavy atom. The quantitative estimate of drug-likeness (QED) is 0.563. The molecule has 1 atom stereocenters. The number of pyridine rings is 1. The Morgan fingerprint density at radius 2 is 1.91 bits per heavy atom. The van der Waals surface area contributed by atoms with E-state index in [2.05, 4.69) is 10.3 Å². The fourth-order valence-electron chi connectivity index (χ4n) is 3.89. The molecule has 0 spiro atoms. The molecule has 1 aliphatic rings. The van der Waals surface area contributed by atoms with Gasteiger partial charge in [0.15, 0.2) is 14.9 Å². The summed E-state index contributed by atoms with van der Waals surface area (Å²) in [7, 11) is -4.24. The number of halogens is 6. The summed E-state index contributed by atoms with van der Waals surface area (Å²) >= 11 is 6.05. The number of nitrogens with one attached hydrogen (secondary N) is 1. The molecule has 3 rings (SSSR count). The van der Waals surface area contributed by atoms with Crippen LogP contribution in [-0.4, -0.2) is 42.4 Å². The van der Waals surface area contributed by atoms with Gasteiger partial charge in [0.05, 0.1) is 27.8 Å². The van der Waals surface area contributed by atoms with Gasteiger partial charge in [-0.2, -0.15) is 13.2 Å². The lowest BCUT2D eigenvalue weighted by molar-refractivity contribution is -0.137. The molecule has 1 unspecified atom stereocenters. The number of carbonyl (C=O) groups is 1. The first-order valence-corrected chi connectivity index (χ1v) is 12.3. The fraction of sp³-hybridized carbons (Fsp3) is 0.429. The lowest BCUT2D eigenvalue weighted by atomic mass is 9.76. The summed E-state index contributed by atoms with van der Waals surface area (Å²) < 4.78 is 91.7. The van der Waals surface area contributed by atoms with E-state index < -0.39 is 66.7 Å². The summed E-state index contributed by atoms with van der Waals surface area (Å²) in [6, 6.07) is 2.39. The molecule has 2 aromatic rings. The molecule has 186 valence electrons. The summed E-state index contributed by atoms with van der Waals surface area (Å²) in [4.78, 5) is 16.4. The monoisotopic (exact) mass is 526 g/mol. The molecule has 13 heteroatoms. The van der Waals surface area contributed by atoms with Crippen molar-refractivity contribution in [3.63, 3.8) is 0 Å². The number of alkyl halides is 4. The van der Waals surface area contributed by atoms with Gasteiger partial charge in [0.2, 0.25) is 0 Å². The minimum atomic E-state index is -4.93. The van der Waals surface area contributed by atoms with Crippen LogP contribution >= 0.6 is 11.6 Å². The number of benzene rings is 1. The number of aliphatic hydroxyl groups is 1. The topological polar surface area (TPSA) is 96.4 Å². The number of sulfone groups is 1. The van der Waals surface area contributed by atoms with Crippen molar-refractivity contribution in [3.05, 3.63) is 58.0 Å². The van der Waals surface area contributed by atoms with Crippen LogP contribution in [0.15, 0.2) is 35.5 Å². The Labute approximate surface area is 197 Å². The Morgan fingerprint density at radius 1 is 1.29 bits per heavy atom. The second-order valence-electron chi connectivity index (χ2n) is 8.17. The normalized spacial score (nSPS) is 22.3. The molecule has 0 bridgehead atoms. The van der Waals surface area contributed by atoms with Crippen LogP contribution in [0.25, 0.3) is 0 Å². The zero-order valence-electron chi connectivity index (χ0n) is 17.7. The van der Waals surface area contributed by atoms with Crippen LogP contribution in [0.4, 0.5) is 22.0 Å². The van der Waals surface area contributed by atoms with Crippen molar-refractivity contribution in [2.45, 2.75) is 54.7 Å². The van der Waals surface area contributed by atoms with Gasteiger partial charge >= 0.3 is 6.18 Å². The summed E-state index contributed by atoms with van der Waals surface area (Å²) in [6.07, 6.45) is -5.73. The number of hydrogen-bond donors (Lipinski definition) is 2. The number of aromatic nitrogens is 1. The Hall–Kier alpha value is -2.31. The third-order valence-corrected chi connectivity index (χ3v) is 7.09. The number of hydrogen-bond acceptors (Lipinski definition) is 5. The highest BCUT2D eigenvalue weighted by molar-refractivity contribution is 7.90. The van der Waals surface area contributed by atoms with E-state index in [0.717, 1.165) is 6.07 Å². The average Bonchev–Trinajstić information content (AvgIpc) is 2.74. The molecular formula is C21H20ClF5N2O4S. The van der Waals surface area contributed by atoms with Crippen LogP contribution in [0.1, 0.15) is 53.2 Å². The molecule has 1 amide bonds.